The van der Waals surface area contributed by atoms with Crippen LogP contribution in [0.4, 0.5) is 11.4 Å². The third-order valence-corrected chi connectivity index (χ3v) is 7.00. The first-order chi connectivity index (χ1) is 17.1. The van der Waals surface area contributed by atoms with E-state index in [0.717, 1.165) is 43.4 Å². The van der Waals surface area contributed by atoms with Crippen molar-refractivity contribution in [3.63, 3.8) is 0 Å². The fourth-order valence-corrected chi connectivity index (χ4v) is 5.13. The summed E-state index contributed by atoms with van der Waals surface area (Å²) in [5.74, 6) is -0.651. The van der Waals surface area contributed by atoms with Crippen molar-refractivity contribution < 1.29 is 18.8 Å². The number of rotatable bonds is 6. The number of fused-ring (bicyclic) bond motifs is 1. The SMILES string of the molecule is O=C(Nc1ccc(CNC(=O)C2CCCCC2C(=O)N2CCc3ccccc32)cc1)c1ccco1. The van der Waals surface area contributed by atoms with E-state index < -0.39 is 0 Å². The molecule has 2 heterocycles. The van der Waals surface area contributed by atoms with Crippen molar-refractivity contribution in [3.8, 4) is 0 Å². The molecular weight excluding hydrogens is 442 g/mol. The Morgan fingerprint density at radius 2 is 1.69 bits per heavy atom. The van der Waals surface area contributed by atoms with Gasteiger partial charge in [-0.1, -0.05) is 43.2 Å². The number of carbonyl (C=O) groups excluding carboxylic acids is 3. The molecule has 0 radical (unpaired) electrons. The van der Waals surface area contributed by atoms with Crippen molar-refractivity contribution in [2.24, 2.45) is 11.8 Å². The molecule has 180 valence electrons. The van der Waals surface area contributed by atoms with E-state index in [1.807, 2.05) is 35.2 Å². The average Bonchev–Trinajstić information content (AvgIpc) is 3.58. The first-order valence-corrected chi connectivity index (χ1v) is 12.2. The monoisotopic (exact) mass is 471 g/mol. The normalized spacial score (nSPS) is 19.1. The molecular formula is C28H29N3O4. The molecule has 2 N–H and O–H groups in total. The standard InChI is InChI=1S/C28H29N3O4/c32-26(29-18-19-11-13-21(14-12-19)30-27(33)25-10-5-17-35-25)22-7-2-3-8-23(22)28(34)31-16-15-20-6-1-4-9-24(20)31/h1,4-6,9-14,17,22-23H,2-3,7-8,15-16,18H2,(H,29,32)(H,30,33). The van der Waals surface area contributed by atoms with Gasteiger partial charge in [0.15, 0.2) is 5.76 Å². The molecule has 5 rings (SSSR count). The molecule has 2 atom stereocenters. The molecule has 7 nitrogen and oxygen atoms in total. The van der Waals surface area contributed by atoms with Gasteiger partial charge in [0.1, 0.15) is 0 Å². The second-order valence-corrected chi connectivity index (χ2v) is 9.21. The minimum atomic E-state index is -0.315. The minimum absolute atomic E-state index is 0.0641. The Hall–Kier alpha value is -3.87. The Morgan fingerprint density at radius 1 is 0.914 bits per heavy atom. The summed E-state index contributed by atoms with van der Waals surface area (Å²) in [6, 6.07) is 18.6. The summed E-state index contributed by atoms with van der Waals surface area (Å²) in [4.78, 5) is 40.6. The van der Waals surface area contributed by atoms with Crippen molar-refractivity contribution in [2.75, 3.05) is 16.8 Å². The van der Waals surface area contributed by atoms with Gasteiger partial charge in [0.05, 0.1) is 12.2 Å². The quantitative estimate of drug-likeness (QED) is 0.552. The van der Waals surface area contributed by atoms with Crippen molar-refractivity contribution in [2.45, 2.75) is 38.6 Å². The smallest absolute Gasteiger partial charge is 0.291 e. The van der Waals surface area contributed by atoms with Crippen LogP contribution in [0.15, 0.2) is 71.3 Å². The predicted octanol–water partition coefficient (Wildman–Crippen LogP) is 4.54. The number of benzene rings is 2. The van der Waals surface area contributed by atoms with E-state index in [4.69, 9.17) is 4.42 Å². The summed E-state index contributed by atoms with van der Waals surface area (Å²) in [6.45, 7) is 1.06. The minimum Gasteiger partial charge on any atom is -0.459 e. The highest BCUT2D eigenvalue weighted by Crippen LogP contribution is 2.36. The molecule has 3 amide bonds. The number of hydrogen-bond donors (Lipinski definition) is 2. The van der Waals surface area contributed by atoms with Crippen LogP contribution in [-0.4, -0.2) is 24.3 Å². The zero-order valence-electron chi connectivity index (χ0n) is 19.5. The molecule has 0 spiro atoms. The Balaban J connectivity index is 1.19. The molecule has 0 saturated heterocycles. The average molecular weight is 472 g/mol. The van der Waals surface area contributed by atoms with Gasteiger partial charge in [-0.2, -0.15) is 0 Å². The van der Waals surface area contributed by atoms with Crippen LogP contribution in [0.1, 0.15) is 47.4 Å². The third kappa shape index (κ3) is 4.99. The van der Waals surface area contributed by atoms with Gasteiger partial charge in [0.25, 0.3) is 5.91 Å². The van der Waals surface area contributed by atoms with Gasteiger partial charge in [-0.25, -0.2) is 0 Å². The summed E-state index contributed by atoms with van der Waals surface area (Å²) in [5, 5.41) is 5.81. The molecule has 7 heteroatoms. The maximum Gasteiger partial charge on any atom is 0.291 e. The fourth-order valence-electron chi connectivity index (χ4n) is 5.13. The number of carbonyl (C=O) groups is 3. The van der Waals surface area contributed by atoms with E-state index in [1.54, 1.807) is 24.3 Å². The summed E-state index contributed by atoms with van der Waals surface area (Å²) in [7, 11) is 0. The van der Waals surface area contributed by atoms with Crippen LogP contribution in [0.2, 0.25) is 0 Å². The largest absolute Gasteiger partial charge is 0.459 e. The number of anilines is 2. The van der Waals surface area contributed by atoms with Gasteiger partial charge in [-0.05, 0) is 60.7 Å². The maximum atomic E-state index is 13.5. The van der Waals surface area contributed by atoms with Crippen molar-refractivity contribution >= 4 is 29.1 Å². The molecule has 2 aromatic carbocycles. The number of furan rings is 1. The molecule has 2 unspecified atom stereocenters. The highest BCUT2D eigenvalue weighted by molar-refractivity contribution is 6.02. The van der Waals surface area contributed by atoms with Crippen molar-refractivity contribution in [1.29, 1.82) is 0 Å². The molecule has 1 aromatic heterocycles. The molecule has 1 saturated carbocycles. The van der Waals surface area contributed by atoms with E-state index in [9.17, 15) is 14.4 Å². The summed E-state index contributed by atoms with van der Waals surface area (Å²) >= 11 is 0. The molecule has 1 aliphatic heterocycles. The molecule has 35 heavy (non-hydrogen) atoms. The number of nitrogens with zero attached hydrogens (tertiary/aromatic N) is 1. The lowest BCUT2D eigenvalue weighted by atomic mass is 9.77. The molecule has 1 aliphatic carbocycles. The lowest BCUT2D eigenvalue weighted by Crippen LogP contribution is -2.45. The fraction of sp³-hybridized carbons (Fsp3) is 0.321. The van der Waals surface area contributed by atoms with Gasteiger partial charge in [0, 0.05) is 30.4 Å². The van der Waals surface area contributed by atoms with Crippen LogP contribution >= 0.6 is 0 Å². The van der Waals surface area contributed by atoms with Crippen LogP contribution in [0, 0.1) is 11.8 Å². The van der Waals surface area contributed by atoms with Crippen molar-refractivity contribution in [3.05, 3.63) is 83.8 Å². The topological polar surface area (TPSA) is 91.7 Å². The lowest BCUT2D eigenvalue weighted by Gasteiger charge is -2.32. The van der Waals surface area contributed by atoms with E-state index in [2.05, 4.69) is 16.7 Å². The summed E-state index contributed by atoms with van der Waals surface area (Å²) in [5.41, 5.74) is 3.75. The highest BCUT2D eigenvalue weighted by atomic mass is 16.3. The number of nitrogens with one attached hydrogen (secondary N) is 2. The summed E-state index contributed by atoms with van der Waals surface area (Å²) in [6.07, 6.45) is 5.73. The first-order valence-electron chi connectivity index (χ1n) is 12.2. The Bertz CT molecular complexity index is 1200. The maximum absolute atomic E-state index is 13.5. The number of hydrogen-bond acceptors (Lipinski definition) is 4. The van der Waals surface area contributed by atoms with Crippen molar-refractivity contribution in [1.82, 2.24) is 5.32 Å². The zero-order valence-corrected chi connectivity index (χ0v) is 19.5. The summed E-state index contributed by atoms with van der Waals surface area (Å²) < 4.78 is 5.10. The van der Waals surface area contributed by atoms with Crippen LogP contribution in [0.5, 0.6) is 0 Å². The second kappa shape index (κ2) is 10.2. The van der Waals surface area contributed by atoms with Gasteiger partial charge in [0.2, 0.25) is 11.8 Å². The van der Waals surface area contributed by atoms with Gasteiger partial charge >= 0.3 is 0 Å². The van der Waals surface area contributed by atoms with E-state index >= 15 is 0 Å². The second-order valence-electron chi connectivity index (χ2n) is 9.21. The predicted molar refractivity (Wildman–Crippen MR) is 133 cm³/mol. The van der Waals surface area contributed by atoms with Crippen LogP contribution < -0.4 is 15.5 Å². The third-order valence-electron chi connectivity index (χ3n) is 7.00. The van der Waals surface area contributed by atoms with Crippen LogP contribution in [0.3, 0.4) is 0 Å². The van der Waals surface area contributed by atoms with Crippen LogP contribution in [-0.2, 0) is 22.6 Å². The Morgan fingerprint density at radius 3 is 2.46 bits per heavy atom. The highest BCUT2D eigenvalue weighted by Gasteiger charge is 2.39. The first kappa shape index (κ1) is 22.9. The Labute approximate surface area is 204 Å². The molecule has 2 aliphatic rings. The van der Waals surface area contributed by atoms with E-state index in [0.29, 0.717) is 18.8 Å². The van der Waals surface area contributed by atoms with E-state index in [-0.39, 0.29) is 35.3 Å². The number of amides is 3. The van der Waals surface area contributed by atoms with Gasteiger partial charge in [-0.15, -0.1) is 0 Å². The molecule has 1 fully saturated rings. The Kier molecular flexibility index (Phi) is 6.66. The molecule has 3 aromatic rings. The van der Waals surface area contributed by atoms with Gasteiger partial charge < -0.3 is 20.0 Å². The number of para-hydroxylation sites is 1. The van der Waals surface area contributed by atoms with Crippen LogP contribution in [0.25, 0.3) is 0 Å². The zero-order chi connectivity index (χ0) is 24.2. The molecule has 0 bridgehead atoms. The lowest BCUT2D eigenvalue weighted by molar-refractivity contribution is -0.135. The van der Waals surface area contributed by atoms with Gasteiger partial charge in [-0.3, -0.25) is 14.4 Å². The van der Waals surface area contributed by atoms with E-state index in [1.165, 1.54) is 11.8 Å².